The van der Waals surface area contributed by atoms with Gasteiger partial charge in [0.1, 0.15) is 5.75 Å². The first-order valence-electron chi connectivity index (χ1n) is 7.25. The van der Waals surface area contributed by atoms with Gasteiger partial charge >= 0.3 is 0 Å². The van der Waals surface area contributed by atoms with Crippen LogP contribution < -0.4 is 4.74 Å². The maximum Gasteiger partial charge on any atom is 0.142 e. The molecule has 0 atom stereocenters. The Hall–Kier alpha value is -1.44. The molecule has 1 aromatic heterocycles. The Morgan fingerprint density at radius 1 is 1.21 bits per heavy atom. The largest absolute Gasteiger partial charge is 0.495 e. The van der Waals surface area contributed by atoms with E-state index < -0.39 is 0 Å². The lowest BCUT2D eigenvalue weighted by molar-refractivity contribution is 0.225. The Morgan fingerprint density at radius 3 is 2.63 bits per heavy atom. The molecule has 1 aromatic carbocycles. The lowest BCUT2D eigenvalue weighted by Crippen LogP contribution is -2.20. The van der Waals surface area contributed by atoms with E-state index in [4.69, 9.17) is 4.74 Å². The van der Waals surface area contributed by atoms with Crippen molar-refractivity contribution in [2.24, 2.45) is 5.41 Å². The highest BCUT2D eigenvalue weighted by Gasteiger charge is 2.28. The van der Waals surface area contributed by atoms with Crippen molar-refractivity contribution >= 4 is 10.9 Å². The van der Waals surface area contributed by atoms with Crippen molar-refractivity contribution in [2.75, 3.05) is 7.11 Å². The molecule has 0 saturated heterocycles. The van der Waals surface area contributed by atoms with E-state index in [2.05, 4.69) is 37.2 Å². The quantitative estimate of drug-likeness (QED) is 0.816. The number of aromatic amines is 1. The summed E-state index contributed by atoms with van der Waals surface area (Å²) in [4.78, 5) is 3.40. The summed E-state index contributed by atoms with van der Waals surface area (Å²) in [5, 5.41) is 1.34. The van der Waals surface area contributed by atoms with Gasteiger partial charge < -0.3 is 9.72 Å². The van der Waals surface area contributed by atoms with Crippen molar-refractivity contribution < 1.29 is 4.74 Å². The predicted octanol–water partition coefficient (Wildman–Crippen LogP) is 4.86. The molecule has 1 aliphatic carbocycles. The van der Waals surface area contributed by atoms with Crippen LogP contribution in [0.1, 0.15) is 51.0 Å². The van der Waals surface area contributed by atoms with Crippen molar-refractivity contribution in [2.45, 2.75) is 45.4 Å². The first-order valence-corrected chi connectivity index (χ1v) is 7.25. The zero-order valence-corrected chi connectivity index (χ0v) is 12.1. The second-order valence-corrected chi connectivity index (χ2v) is 6.57. The third-order valence-electron chi connectivity index (χ3n) is 4.71. The van der Waals surface area contributed by atoms with Crippen LogP contribution in [-0.2, 0) is 0 Å². The van der Waals surface area contributed by atoms with Gasteiger partial charge in [0, 0.05) is 11.6 Å². The van der Waals surface area contributed by atoms with E-state index in [1.165, 1.54) is 36.6 Å². The van der Waals surface area contributed by atoms with E-state index in [0.29, 0.717) is 11.3 Å². The molecule has 0 spiro atoms. The minimum absolute atomic E-state index is 0.528. The Morgan fingerprint density at radius 2 is 1.95 bits per heavy atom. The number of methoxy groups -OCH3 is 1. The van der Waals surface area contributed by atoms with Gasteiger partial charge in [-0.2, -0.15) is 0 Å². The fraction of sp³-hybridized carbons (Fsp3) is 0.529. The number of nitrogens with one attached hydrogen (secondary N) is 1. The van der Waals surface area contributed by atoms with E-state index in [0.717, 1.165) is 11.3 Å². The predicted molar refractivity (Wildman–Crippen MR) is 79.8 cm³/mol. The van der Waals surface area contributed by atoms with Crippen LogP contribution in [0.5, 0.6) is 5.75 Å². The van der Waals surface area contributed by atoms with Crippen LogP contribution in [0.3, 0.4) is 0 Å². The molecule has 1 heterocycles. The van der Waals surface area contributed by atoms with Gasteiger partial charge in [0.2, 0.25) is 0 Å². The maximum absolute atomic E-state index is 5.43. The number of hydrogen-bond acceptors (Lipinski definition) is 1. The highest BCUT2D eigenvalue weighted by atomic mass is 16.5. The maximum atomic E-state index is 5.43. The Balaban J connectivity index is 1.94. The summed E-state index contributed by atoms with van der Waals surface area (Å²) < 4.78 is 5.43. The van der Waals surface area contributed by atoms with Gasteiger partial charge in [0.15, 0.2) is 0 Å². The SMILES string of the molecule is COc1cccc2c(C3CCC(C)(C)CC3)c[nH]c12. The highest BCUT2D eigenvalue weighted by molar-refractivity contribution is 5.88. The van der Waals surface area contributed by atoms with Crippen molar-refractivity contribution in [3.8, 4) is 5.75 Å². The standard InChI is InChI=1S/C17H23NO/c1-17(2)9-7-12(8-10-17)14-11-18-16-13(14)5-4-6-15(16)19-3/h4-6,11-12,18H,7-10H2,1-3H3. The van der Waals surface area contributed by atoms with Gasteiger partial charge in [-0.25, -0.2) is 0 Å². The van der Waals surface area contributed by atoms with Gasteiger partial charge in [0.25, 0.3) is 0 Å². The number of H-pyrrole nitrogens is 1. The minimum atomic E-state index is 0.528. The van der Waals surface area contributed by atoms with E-state index in [-0.39, 0.29) is 0 Å². The average molecular weight is 257 g/mol. The number of rotatable bonds is 2. The third kappa shape index (κ3) is 2.24. The van der Waals surface area contributed by atoms with Gasteiger partial charge in [-0.1, -0.05) is 26.0 Å². The van der Waals surface area contributed by atoms with Crippen molar-refractivity contribution in [1.29, 1.82) is 0 Å². The number of benzene rings is 1. The zero-order valence-electron chi connectivity index (χ0n) is 12.1. The molecular formula is C17H23NO. The first-order chi connectivity index (χ1) is 9.11. The zero-order chi connectivity index (χ0) is 13.5. The minimum Gasteiger partial charge on any atom is -0.495 e. The molecule has 1 fully saturated rings. The smallest absolute Gasteiger partial charge is 0.142 e. The van der Waals surface area contributed by atoms with E-state index in [1.54, 1.807) is 7.11 Å². The number of fused-ring (bicyclic) bond motifs is 1. The molecule has 2 heteroatoms. The molecule has 0 aliphatic heterocycles. The summed E-state index contributed by atoms with van der Waals surface area (Å²) in [5.74, 6) is 1.65. The Bertz CT molecular complexity index is 572. The van der Waals surface area contributed by atoms with E-state index >= 15 is 0 Å². The molecule has 2 nitrogen and oxygen atoms in total. The van der Waals surface area contributed by atoms with Crippen molar-refractivity contribution in [3.05, 3.63) is 30.0 Å². The fourth-order valence-electron chi connectivity index (χ4n) is 3.37. The van der Waals surface area contributed by atoms with Crippen LogP contribution in [0.25, 0.3) is 10.9 Å². The van der Waals surface area contributed by atoms with Crippen LogP contribution in [-0.4, -0.2) is 12.1 Å². The molecule has 0 radical (unpaired) electrons. The summed E-state index contributed by atoms with van der Waals surface area (Å²) >= 11 is 0. The summed E-state index contributed by atoms with van der Waals surface area (Å²) in [6, 6.07) is 6.32. The average Bonchev–Trinajstić information content (AvgIpc) is 2.82. The topological polar surface area (TPSA) is 25.0 Å². The van der Waals surface area contributed by atoms with Gasteiger partial charge in [0.05, 0.1) is 12.6 Å². The lowest BCUT2D eigenvalue weighted by Gasteiger charge is -2.34. The summed E-state index contributed by atoms with van der Waals surface area (Å²) in [5.41, 5.74) is 3.15. The Kier molecular flexibility index (Phi) is 3.04. The van der Waals surface area contributed by atoms with Crippen molar-refractivity contribution in [3.63, 3.8) is 0 Å². The normalized spacial score (nSPS) is 19.7. The molecular weight excluding hydrogens is 234 g/mol. The Labute approximate surface area is 115 Å². The molecule has 0 amide bonds. The fourth-order valence-corrected chi connectivity index (χ4v) is 3.37. The lowest BCUT2D eigenvalue weighted by atomic mass is 9.71. The second kappa shape index (κ2) is 4.59. The number of para-hydroxylation sites is 1. The summed E-state index contributed by atoms with van der Waals surface area (Å²) in [6.07, 6.45) is 7.45. The number of ether oxygens (including phenoxy) is 1. The molecule has 0 unspecified atom stereocenters. The third-order valence-corrected chi connectivity index (χ3v) is 4.71. The molecule has 2 aromatic rings. The van der Waals surface area contributed by atoms with Crippen LogP contribution >= 0.6 is 0 Å². The summed E-state index contributed by atoms with van der Waals surface area (Å²) in [6.45, 7) is 4.78. The van der Waals surface area contributed by atoms with Gasteiger partial charge in [-0.15, -0.1) is 0 Å². The summed E-state index contributed by atoms with van der Waals surface area (Å²) in [7, 11) is 1.73. The monoisotopic (exact) mass is 257 g/mol. The van der Waals surface area contributed by atoms with Crippen LogP contribution in [0.15, 0.2) is 24.4 Å². The van der Waals surface area contributed by atoms with E-state index in [1.807, 2.05) is 6.07 Å². The number of aromatic nitrogens is 1. The van der Waals surface area contributed by atoms with Crippen LogP contribution in [0, 0.1) is 5.41 Å². The van der Waals surface area contributed by atoms with Crippen molar-refractivity contribution in [1.82, 2.24) is 4.98 Å². The van der Waals surface area contributed by atoms with Crippen LogP contribution in [0.4, 0.5) is 0 Å². The highest BCUT2D eigenvalue weighted by Crippen LogP contribution is 2.44. The van der Waals surface area contributed by atoms with Gasteiger partial charge in [-0.3, -0.25) is 0 Å². The molecule has 3 rings (SSSR count). The van der Waals surface area contributed by atoms with E-state index in [9.17, 15) is 0 Å². The van der Waals surface area contributed by atoms with Crippen LogP contribution in [0.2, 0.25) is 0 Å². The molecule has 19 heavy (non-hydrogen) atoms. The van der Waals surface area contributed by atoms with Gasteiger partial charge in [-0.05, 0) is 48.6 Å². The molecule has 1 aliphatic rings. The molecule has 1 saturated carbocycles. The molecule has 1 N–H and O–H groups in total. The second-order valence-electron chi connectivity index (χ2n) is 6.57. The number of hydrogen-bond donors (Lipinski definition) is 1. The first kappa shape index (κ1) is 12.6. The molecule has 102 valence electrons. The molecule has 0 bridgehead atoms.